The summed E-state index contributed by atoms with van der Waals surface area (Å²) in [5, 5.41) is 0.819. The van der Waals surface area contributed by atoms with Crippen molar-refractivity contribution in [1.29, 1.82) is 0 Å². The van der Waals surface area contributed by atoms with Crippen molar-refractivity contribution in [3.63, 3.8) is 0 Å². The van der Waals surface area contributed by atoms with Crippen molar-refractivity contribution in [2.24, 2.45) is 0 Å². The molecule has 0 atom stereocenters. The highest BCUT2D eigenvalue weighted by Crippen LogP contribution is 2.23. The largest absolute Gasteiger partial charge is 0.496 e. The monoisotopic (exact) mass is 496 g/mol. The predicted octanol–water partition coefficient (Wildman–Crippen LogP) is 8.55. The number of benzene rings is 1. The van der Waals surface area contributed by atoms with Gasteiger partial charge in [0.25, 0.3) is 0 Å². The molecular weight excluding hydrogens is 452 g/mol. The fraction of sp³-hybridized carbons (Fsp3) is 0.741. The molecule has 0 spiro atoms. The molecule has 3 nitrogen and oxygen atoms in total. The van der Waals surface area contributed by atoms with Crippen LogP contribution in [0.1, 0.15) is 114 Å². The Morgan fingerprint density at radius 2 is 1.42 bits per heavy atom. The average Bonchev–Trinajstić information content (AvgIpc) is 2.79. The molecule has 0 unspecified atom stereocenters. The molecule has 31 heavy (non-hydrogen) atoms. The van der Waals surface area contributed by atoms with E-state index in [0.717, 1.165) is 29.5 Å². The van der Waals surface area contributed by atoms with Gasteiger partial charge in [-0.15, -0.1) is 0 Å². The number of carbonyl (C=O) groups is 1. The SMILES string of the molecule is CCCCCCCCCCCCCCCc1ccc(COC(=O)CCCBr)c(OC)c1. The van der Waals surface area contributed by atoms with E-state index >= 15 is 0 Å². The van der Waals surface area contributed by atoms with Crippen LogP contribution in [0.25, 0.3) is 0 Å². The summed E-state index contributed by atoms with van der Waals surface area (Å²) < 4.78 is 10.9. The Hall–Kier alpha value is -1.03. The lowest BCUT2D eigenvalue weighted by atomic mass is 10.0. The van der Waals surface area contributed by atoms with Crippen LogP contribution in [0.3, 0.4) is 0 Å². The van der Waals surface area contributed by atoms with E-state index in [-0.39, 0.29) is 12.6 Å². The van der Waals surface area contributed by atoms with Gasteiger partial charge in [-0.05, 0) is 30.9 Å². The van der Waals surface area contributed by atoms with Gasteiger partial charge < -0.3 is 9.47 Å². The molecule has 1 aromatic carbocycles. The van der Waals surface area contributed by atoms with Crippen molar-refractivity contribution < 1.29 is 14.3 Å². The second-order valence-electron chi connectivity index (χ2n) is 8.59. The number of hydrogen-bond acceptors (Lipinski definition) is 3. The first-order valence-corrected chi connectivity index (χ1v) is 13.7. The van der Waals surface area contributed by atoms with Gasteiger partial charge in [-0.25, -0.2) is 0 Å². The van der Waals surface area contributed by atoms with Crippen LogP contribution < -0.4 is 4.74 Å². The number of hydrogen-bond donors (Lipinski definition) is 0. The first kappa shape index (κ1) is 28.0. The van der Waals surface area contributed by atoms with Crippen LogP contribution in [0.4, 0.5) is 0 Å². The molecule has 0 aliphatic heterocycles. The lowest BCUT2D eigenvalue weighted by Crippen LogP contribution is -2.05. The van der Waals surface area contributed by atoms with Gasteiger partial charge in [0.05, 0.1) is 7.11 Å². The van der Waals surface area contributed by atoms with Crippen molar-refractivity contribution in [3.8, 4) is 5.75 Å². The zero-order valence-corrected chi connectivity index (χ0v) is 21.6. The quantitative estimate of drug-likeness (QED) is 0.103. The van der Waals surface area contributed by atoms with Gasteiger partial charge in [-0.3, -0.25) is 4.79 Å². The second-order valence-corrected chi connectivity index (χ2v) is 9.39. The van der Waals surface area contributed by atoms with Crippen molar-refractivity contribution in [2.75, 3.05) is 12.4 Å². The number of carbonyl (C=O) groups excluding carboxylic acids is 1. The van der Waals surface area contributed by atoms with E-state index in [0.29, 0.717) is 6.42 Å². The van der Waals surface area contributed by atoms with Crippen LogP contribution in [0, 0.1) is 0 Å². The second kappa shape index (κ2) is 19.6. The fourth-order valence-corrected chi connectivity index (χ4v) is 4.13. The van der Waals surface area contributed by atoms with Crippen LogP contribution in [-0.4, -0.2) is 18.4 Å². The standard InChI is InChI=1S/C27H45BrO3/c1-3-4-5-6-7-8-9-10-11-12-13-14-15-17-24-19-20-25(26(22-24)30-2)23-31-27(29)18-16-21-28/h19-20,22H,3-18,21,23H2,1-2H3. The van der Waals surface area contributed by atoms with E-state index in [1.54, 1.807) is 7.11 Å². The summed E-state index contributed by atoms with van der Waals surface area (Å²) in [6, 6.07) is 6.28. The Labute approximate surface area is 199 Å². The van der Waals surface area contributed by atoms with Gasteiger partial charge in [0, 0.05) is 17.3 Å². The lowest BCUT2D eigenvalue weighted by Gasteiger charge is -2.11. The Morgan fingerprint density at radius 3 is 1.97 bits per heavy atom. The van der Waals surface area contributed by atoms with Crippen LogP contribution >= 0.6 is 15.9 Å². The van der Waals surface area contributed by atoms with E-state index in [9.17, 15) is 4.79 Å². The third kappa shape index (κ3) is 14.6. The number of halogens is 1. The van der Waals surface area contributed by atoms with Crippen molar-refractivity contribution in [1.82, 2.24) is 0 Å². The molecule has 1 aromatic rings. The smallest absolute Gasteiger partial charge is 0.306 e. The maximum Gasteiger partial charge on any atom is 0.306 e. The van der Waals surface area contributed by atoms with E-state index in [1.165, 1.54) is 89.0 Å². The third-order valence-corrected chi connectivity index (χ3v) is 6.38. The number of aryl methyl sites for hydroxylation is 1. The van der Waals surface area contributed by atoms with Crippen LogP contribution in [0.15, 0.2) is 18.2 Å². The van der Waals surface area contributed by atoms with E-state index in [1.807, 2.05) is 6.07 Å². The van der Waals surface area contributed by atoms with Crippen LogP contribution in [-0.2, 0) is 22.6 Å². The summed E-state index contributed by atoms with van der Waals surface area (Å²) in [5.74, 6) is 0.665. The van der Waals surface area contributed by atoms with Crippen LogP contribution in [0.5, 0.6) is 5.75 Å². The Kier molecular flexibility index (Phi) is 17.7. The van der Waals surface area contributed by atoms with Gasteiger partial charge in [0.15, 0.2) is 0 Å². The highest BCUT2D eigenvalue weighted by Gasteiger charge is 2.08. The highest BCUT2D eigenvalue weighted by atomic mass is 79.9. The van der Waals surface area contributed by atoms with Gasteiger partial charge in [0.1, 0.15) is 12.4 Å². The maximum atomic E-state index is 11.7. The maximum absolute atomic E-state index is 11.7. The van der Waals surface area contributed by atoms with E-state index in [4.69, 9.17) is 9.47 Å². The summed E-state index contributed by atoms with van der Waals surface area (Å²) in [6.07, 6.45) is 20.3. The summed E-state index contributed by atoms with van der Waals surface area (Å²) in [6.45, 7) is 2.56. The molecule has 0 radical (unpaired) electrons. The summed E-state index contributed by atoms with van der Waals surface area (Å²) in [5.41, 5.74) is 2.23. The predicted molar refractivity (Wildman–Crippen MR) is 135 cm³/mol. The van der Waals surface area contributed by atoms with E-state index in [2.05, 4.69) is 35.0 Å². The first-order valence-electron chi connectivity index (χ1n) is 12.6. The summed E-state index contributed by atoms with van der Waals surface area (Å²) >= 11 is 3.33. The molecule has 0 N–H and O–H groups in total. The van der Waals surface area contributed by atoms with Gasteiger partial charge in [-0.1, -0.05) is 112 Å². The number of rotatable bonds is 20. The van der Waals surface area contributed by atoms with Crippen molar-refractivity contribution >= 4 is 21.9 Å². The number of esters is 1. The number of methoxy groups -OCH3 is 1. The molecule has 0 bridgehead atoms. The number of alkyl halides is 1. The molecule has 0 aliphatic rings. The average molecular weight is 498 g/mol. The minimum absolute atomic E-state index is 0.155. The first-order chi connectivity index (χ1) is 15.2. The molecule has 0 amide bonds. The zero-order valence-electron chi connectivity index (χ0n) is 20.1. The Morgan fingerprint density at radius 1 is 0.839 bits per heavy atom. The molecule has 1 rings (SSSR count). The molecule has 0 heterocycles. The minimum Gasteiger partial charge on any atom is -0.496 e. The van der Waals surface area contributed by atoms with E-state index < -0.39 is 0 Å². The molecule has 178 valence electrons. The normalized spacial score (nSPS) is 10.9. The number of ether oxygens (including phenoxy) is 2. The van der Waals surface area contributed by atoms with Gasteiger partial charge in [-0.2, -0.15) is 0 Å². The highest BCUT2D eigenvalue weighted by molar-refractivity contribution is 9.09. The minimum atomic E-state index is -0.155. The molecule has 0 aromatic heterocycles. The molecule has 0 fully saturated rings. The summed E-state index contributed by atoms with van der Waals surface area (Å²) in [4.78, 5) is 11.7. The molecule has 0 aliphatic carbocycles. The zero-order chi connectivity index (χ0) is 22.6. The summed E-state index contributed by atoms with van der Waals surface area (Å²) in [7, 11) is 1.68. The number of unbranched alkanes of at least 4 members (excludes halogenated alkanes) is 12. The van der Waals surface area contributed by atoms with Crippen molar-refractivity contribution in [2.45, 2.75) is 116 Å². The Bertz CT molecular complexity index is 574. The molecular formula is C27H45BrO3. The molecule has 4 heteroatoms. The van der Waals surface area contributed by atoms with Crippen molar-refractivity contribution in [3.05, 3.63) is 29.3 Å². The topological polar surface area (TPSA) is 35.5 Å². The van der Waals surface area contributed by atoms with Gasteiger partial charge in [0.2, 0.25) is 0 Å². The molecule has 0 saturated heterocycles. The third-order valence-electron chi connectivity index (χ3n) is 5.82. The van der Waals surface area contributed by atoms with Gasteiger partial charge >= 0.3 is 5.97 Å². The molecule has 0 saturated carbocycles. The van der Waals surface area contributed by atoms with Crippen LogP contribution in [0.2, 0.25) is 0 Å². The Balaban J connectivity index is 2.12. The lowest BCUT2D eigenvalue weighted by molar-refractivity contribution is -0.144. The fourth-order valence-electron chi connectivity index (χ4n) is 3.85.